The third-order valence-electron chi connectivity index (χ3n) is 7.21. The van der Waals surface area contributed by atoms with E-state index in [2.05, 4.69) is 19.1 Å². The number of aliphatic carboxylic acids is 3. The fourth-order valence-electron chi connectivity index (χ4n) is 5.01. The summed E-state index contributed by atoms with van der Waals surface area (Å²) in [5.41, 5.74) is 0. The van der Waals surface area contributed by atoms with E-state index in [4.69, 9.17) is 15.3 Å². The molecule has 0 amide bonds. The van der Waals surface area contributed by atoms with Gasteiger partial charge in [0.15, 0.2) is 0 Å². The zero-order valence-electron chi connectivity index (χ0n) is 23.6. The Morgan fingerprint density at radius 1 is 0.486 bits per heavy atom. The molecule has 0 heterocycles. The molecule has 7 heteroatoms. The van der Waals surface area contributed by atoms with Gasteiger partial charge in [-0.25, -0.2) is 0 Å². The molecular formula is C30H56NO6+. The van der Waals surface area contributed by atoms with Crippen LogP contribution in [-0.4, -0.2) is 63.9 Å². The zero-order valence-corrected chi connectivity index (χ0v) is 23.6. The van der Waals surface area contributed by atoms with Gasteiger partial charge in [-0.1, -0.05) is 51.2 Å². The van der Waals surface area contributed by atoms with Crippen molar-refractivity contribution in [2.24, 2.45) is 0 Å². The van der Waals surface area contributed by atoms with E-state index in [-0.39, 0.29) is 19.3 Å². The molecule has 0 bridgehead atoms. The van der Waals surface area contributed by atoms with Crippen molar-refractivity contribution >= 4 is 17.9 Å². The summed E-state index contributed by atoms with van der Waals surface area (Å²) in [5.74, 6) is -2.32. The van der Waals surface area contributed by atoms with Crippen LogP contribution >= 0.6 is 0 Å². The number of hydrogen-bond acceptors (Lipinski definition) is 3. The summed E-state index contributed by atoms with van der Waals surface area (Å²) in [6.07, 6.45) is 23.2. The minimum absolute atomic E-state index is 0.171. The normalized spacial score (nSPS) is 11.8. The van der Waals surface area contributed by atoms with Gasteiger partial charge in [0.2, 0.25) is 0 Å². The van der Waals surface area contributed by atoms with Gasteiger partial charge >= 0.3 is 17.9 Å². The molecule has 0 atom stereocenters. The molecule has 0 saturated heterocycles. The molecule has 0 aromatic heterocycles. The van der Waals surface area contributed by atoms with Crippen LogP contribution in [0.3, 0.4) is 0 Å². The van der Waals surface area contributed by atoms with E-state index in [0.717, 1.165) is 69.2 Å². The Bertz CT molecular complexity index is 564. The number of unbranched alkanes of at least 4 members (excludes halogenated alkanes) is 12. The molecule has 0 aromatic rings. The van der Waals surface area contributed by atoms with Crippen molar-refractivity contribution in [2.45, 2.75) is 135 Å². The Kier molecular flexibility index (Phi) is 23.2. The van der Waals surface area contributed by atoms with Crippen LogP contribution in [0.1, 0.15) is 135 Å². The zero-order chi connectivity index (χ0) is 27.6. The summed E-state index contributed by atoms with van der Waals surface area (Å²) in [7, 11) is 0. The highest BCUT2D eigenvalue weighted by molar-refractivity contribution is 5.67. The lowest BCUT2D eigenvalue weighted by Gasteiger charge is -2.39. The summed E-state index contributed by atoms with van der Waals surface area (Å²) < 4.78 is 0.858. The lowest BCUT2D eigenvalue weighted by atomic mass is 10.1. The van der Waals surface area contributed by atoms with Crippen molar-refractivity contribution in [3.05, 3.63) is 12.2 Å². The molecule has 0 saturated carbocycles. The molecule has 0 unspecified atom stereocenters. The fraction of sp³-hybridized carbons (Fsp3) is 0.833. The van der Waals surface area contributed by atoms with Gasteiger partial charge in [-0.3, -0.25) is 14.4 Å². The highest BCUT2D eigenvalue weighted by Gasteiger charge is 2.26. The van der Waals surface area contributed by atoms with E-state index in [1.807, 2.05) is 0 Å². The molecular weight excluding hydrogens is 470 g/mol. The number of carbonyl (C=O) groups is 3. The standard InChI is InChI=1S/C30H55NO6/c1-2-3-4-5-6-7-8-9-10-11-12-13-17-24-31(25-18-14-21-28(32)33,26-19-15-22-29(34)35)27-20-16-23-30(36)37/h8-9H,2-7,10-27H2,1H3,(H2-,32,33,34,35,36,37)/p+1/b9-8+. The maximum absolute atomic E-state index is 11.0. The topological polar surface area (TPSA) is 112 Å². The lowest BCUT2D eigenvalue weighted by Crippen LogP contribution is -2.51. The highest BCUT2D eigenvalue weighted by atomic mass is 16.4. The molecule has 37 heavy (non-hydrogen) atoms. The first-order chi connectivity index (χ1) is 17.8. The molecule has 0 spiro atoms. The van der Waals surface area contributed by atoms with Crippen molar-refractivity contribution in [1.82, 2.24) is 0 Å². The Hall–Kier alpha value is -1.89. The van der Waals surface area contributed by atoms with Crippen LogP contribution < -0.4 is 0 Å². The third-order valence-corrected chi connectivity index (χ3v) is 7.21. The molecule has 0 aliphatic carbocycles. The molecule has 0 aromatic carbocycles. The monoisotopic (exact) mass is 526 g/mol. The second-order valence-electron chi connectivity index (χ2n) is 10.7. The molecule has 0 aliphatic heterocycles. The van der Waals surface area contributed by atoms with Crippen molar-refractivity contribution in [1.29, 1.82) is 0 Å². The highest BCUT2D eigenvalue weighted by Crippen LogP contribution is 2.19. The summed E-state index contributed by atoms with van der Waals surface area (Å²) in [6.45, 7) is 5.89. The number of carboxylic acid groups (broad SMARTS) is 3. The van der Waals surface area contributed by atoms with Crippen molar-refractivity contribution < 1.29 is 34.2 Å². The Balaban J connectivity index is 4.64. The van der Waals surface area contributed by atoms with Gasteiger partial charge in [-0.05, 0) is 77.0 Å². The summed E-state index contributed by atoms with van der Waals surface area (Å²) in [6, 6.07) is 0. The van der Waals surface area contributed by atoms with Crippen LogP contribution in [-0.2, 0) is 14.4 Å². The van der Waals surface area contributed by atoms with Crippen LogP contribution in [0.5, 0.6) is 0 Å². The van der Waals surface area contributed by atoms with Gasteiger partial charge in [-0.2, -0.15) is 0 Å². The number of rotatable bonds is 28. The molecule has 216 valence electrons. The molecule has 0 rings (SSSR count). The van der Waals surface area contributed by atoms with E-state index >= 15 is 0 Å². The summed E-state index contributed by atoms with van der Waals surface area (Å²) >= 11 is 0. The van der Waals surface area contributed by atoms with Gasteiger partial charge in [-0.15, -0.1) is 0 Å². The van der Waals surface area contributed by atoms with Crippen LogP contribution in [0.2, 0.25) is 0 Å². The Morgan fingerprint density at radius 3 is 1.16 bits per heavy atom. The largest absolute Gasteiger partial charge is 0.481 e. The van der Waals surface area contributed by atoms with Crippen LogP contribution in [0.15, 0.2) is 12.2 Å². The van der Waals surface area contributed by atoms with E-state index in [0.29, 0.717) is 19.3 Å². The predicted octanol–water partition coefficient (Wildman–Crippen LogP) is 7.44. The molecule has 3 N–H and O–H groups in total. The minimum Gasteiger partial charge on any atom is -0.481 e. The van der Waals surface area contributed by atoms with Crippen molar-refractivity contribution in [2.75, 3.05) is 26.2 Å². The quantitative estimate of drug-likeness (QED) is 0.0555. The molecule has 0 radical (unpaired) electrons. The smallest absolute Gasteiger partial charge is 0.303 e. The SMILES string of the molecule is CCCCCCC/C=C/CCCCCC[N+](CCCCC(=O)O)(CCCCC(=O)O)CCCCC(=O)O. The number of allylic oxidation sites excluding steroid dienone is 2. The number of carboxylic acids is 3. The summed E-state index contributed by atoms with van der Waals surface area (Å²) in [4.78, 5) is 32.9. The summed E-state index contributed by atoms with van der Waals surface area (Å²) in [5, 5.41) is 27.0. The van der Waals surface area contributed by atoms with E-state index < -0.39 is 17.9 Å². The Labute approximate surface area is 225 Å². The van der Waals surface area contributed by atoms with Crippen molar-refractivity contribution in [3.8, 4) is 0 Å². The molecule has 0 fully saturated rings. The van der Waals surface area contributed by atoms with Crippen LogP contribution in [0.25, 0.3) is 0 Å². The van der Waals surface area contributed by atoms with E-state index in [1.54, 1.807) is 0 Å². The first kappa shape index (κ1) is 35.1. The maximum atomic E-state index is 11.0. The van der Waals surface area contributed by atoms with Crippen LogP contribution in [0, 0.1) is 0 Å². The minimum atomic E-state index is -0.772. The first-order valence-electron chi connectivity index (χ1n) is 15.0. The van der Waals surface area contributed by atoms with Gasteiger partial charge in [0.1, 0.15) is 0 Å². The average Bonchev–Trinajstić information content (AvgIpc) is 2.84. The predicted molar refractivity (Wildman–Crippen MR) is 150 cm³/mol. The fourth-order valence-corrected chi connectivity index (χ4v) is 5.01. The number of hydrogen-bond donors (Lipinski definition) is 3. The lowest BCUT2D eigenvalue weighted by molar-refractivity contribution is -0.929. The first-order valence-corrected chi connectivity index (χ1v) is 15.0. The average molecular weight is 527 g/mol. The number of quaternary nitrogens is 1. The second-order valence-corrected chi connectivity index (χ2v) is 10.7. The van der Waals surface area contributed by atoms with Gasteiger partial charge in [0, 0.05) is 19.3 Å². The maximum Gasteiger partial charge on any atom is 0.303 e. The Morgan fingerprint density at radius 2 is 0.811 bits per heavy atom. The molecule has 7 nitrogen and oxygen atoms in total. The van der Waals surface area contributed by atoms with E-state index in [9.17, 15) is 14.4 Å². The number of nitrogens with zero attached hydrogens (tertiary/aromatic N) is 1. The molecule has 0 aliphatic rings. The van der Waals surface area contributed by atoms with Crippen molar-refractivity contribution in [3.63, 3.8) is 0 Å². The van der Waals surface area contributed by atoms with E-state index in [1.165, 1.54) is 51.4 Å². The second kappa shape index (κ2) is 24.4. The van der Waals surface area contributed by atoms with Crippen LogP contribution in [0.4, 0.5) is 0 Å². The van der Waals surface area contributed by atoms with Gasteiger partial charge in [0.05, 0.1) is 26.2 Å². The van der Waals surface area contributed by atoms with Gasteiger partial charge < -0.3 is 19.8 Å². The van der Waals surface area contributed by atoms with Gasteiger partial charge in [0.25, 0.3) is 0 Å². The third kappa shape index (κ3) is 24.2.